The molecule has 1 unspecified atom stereocenters. The molecule has 1 atom stereocenters. The first-order valence-corrected chi connectivity index (χ1v) is 7.72. The number of aromatic nitrogens is 2. The minimum absolute atomic E-state index is 0.0583. The van der Waals surface area contributed by atoms with Crippen LogP contribution in [0.2, 0.25) is 0 Å². The number of benzene rings is 1. The first kappa shape index (κ1) is 14.8. The molecule has 118 valence electrons. The molecule has 1 aliphatic rings. The zero-order chi connectivity index (χ0) is 15.7. The topological polar surface area (TPSA) is 67.5 Å². The fourth-order valence-corrected chi connectivity index (χ4v) is 3.17. The zero-order valence-electron chi connectivity index (χ0n) is 12.7. The summed E-state index contributed by atoms with van der Waals surface area (Å²) in [7, 11) is 0. The molecule has 1 N–H and O–H groups in total. The van der Waals surface area contributed by atoms with Crippen molar-refractivity contribution in [1.29, 1.82) is 0 Å². The van der Waals surface area contributed by atoms with E-state index in [0.29, 0.717) is 19.6 Å². The minimum Gasteiger partial charge on any atom is -0.396 e. The van der Waals surface area contributed by atoms with E-state index >= 15 is 0 Å². The van der Waals surface area contributed by atoms with Crippen molar-refractivity contribution in [3.05, 3.63) is 34.7 Å². The summed E-state index contributed by atoms with van der Waals surface area (Å²) in [6.45, 7) is 3.91. The summed E-state index contributed by atoms with van der Waals surface area (Å²) in [5.74, 6) is 0.106. The van der Waals surface area contributed by atoms with Crippen molar-refractivity contribution in [3.63, 3.8) is 0 Å². The summed E-state index contributed by atoms with van der Waals surface area (Å²) in [5.41, 5.74) is 1.51. The SMILES string of the molecule is CCn1c(=O)n(CC(=O)N2CCC(CO)C2)c2ccccc21. The highest BCUT2D eigenvalue weighted by Crippen LogP contribution is 2.17. The summed E-state index contributed by atoms with van der Waals surface area (Å²) in [6, 6.07) is 7.54. The number of hydrogen-bond donors (Lipinski definition) is 1. The number of carbonyl (C=O) groups is 1. The standard InChI is InChI=1S/C16H21N3O3/c1-2-18-13-5-3-4-6-14(13)19(16(18)22)10-15(21)17-8-7-12(9-17)11-20/h3-6,12,20H,2,7-11H2,1H3. The molecule has 2 aromatic rings. The van der Waals surface area contributed by atoms with Gasteiger partial charge in [0.2, 0.25) is 5.91 Å². The molecule has 22 heavy (non-hydrogen) atoms. The Morgan fingerprint density at radius 3 is 2.55 bits per heavy atom. The van der Waals surface area contributed by atoms with E-state index in [2.05, 4.69) is 0 Å². The van der Waals surface area contributed by atoms with E-state index in [4.69, 9.17) is 0 Å². The van der Waals surface area contributed by atoms with Crippen LogP contribution in [0, 0.1) is 5.92 Å². The van der Waals surface area contributed by atoms with Crippen LogP contribution in [0.25, 0.3) is 11.0 Å². The maximum Gasteiger partial charge on any atom is 0.329 e. The van der Waals surface area contributed by atoms with Crippen LogP contribution in [0.1, 0.15) is 13.3 Å². The number of nitrogens with zero attached hydrogens (tertiary/aromatic N) is 3. The summed E-state index contributed by atoms with van der Waals surface area (Å²) in [5, 5.41) is 9.18. The summed E-state index contributed by atoms with van der Waals surface area (Å²) in [4.78, 5) is 26.7. The lowest BCUT2D eigenvalue weighted by Crippen LogP contribution is -2.35. The van der Waals surface area contributed by atoms with E-state index in [1.54, 1.807) is 14.0 Å². The van der Waals surface area contributed by atoms with Gasteiger partial charge in [0.05, 0.1) is 11.0 Å². The average Bonchev–Trinajstić information content (AvgIpc) is 3.11. The van der Waals surface area contributed by atoms with Crippen LogP contribution in [-0.4, -0.2) is 44.7 Å². The van der Waals surface area contributed by atoms with E-state index in [0.717, 1.165) is 17.5 Å². The normalized spacial score (nSPS) is 18.3. The van der Waals surface area contributed by atoms with E-state index in [1.165, 1.54) is 0 Å². The Balaban J connectivity index is 1.90. The molecule has 6 heteroatoms. The van der Waals surface area contributed by atoms with Crippen molar-refractivity contribution in [2.24, 2.45) is 5.92 Å². The number of aliphatic hydroxyl groups excluding tert-OH is 1. The number of carbonyl (C=O) groups excluding carboxylic acids is 1. The van der Waals surface area contributed by atoms with Crippen LogP contribution >= 0.6 is 0 Å². The van der Waals surface area contributed by atoms with Crippen LogP contribution in [-0.2, 0) is 17.9 Å². The number of hydrogen-bond acceptors (Lipinski definition) is 3. The van der Waals surface area contributed by atoms with Gasteiger partial charge in [-0.25, -0.2) is 4.79 Å². The van der Waals surface area contributed by atoms with Crippen molar-refractivity contribution < 1.29 is 9.90 Å². The molecule has 6 nitrogen and oxygen atoms in total. The van der Waals surface area contributed by atoms with Crippen LogP contribution < -0.4 is 5.69 Å². The van der Waals surface area contributed by atoms with Crippen LogP contribution in [0.5, 0.6) is 0 Å². The van der Waals surface area contributed by atoms with Crippen molar-refractivity contribution in [3.8, 4) is 0 Å². The molecule has 0 radical (unpaired) electrons. The Bertz CT molecular complexity index is 747. The Hall–Kier alpha value is -2.08. The number of fused-ring (bicyclic) bond motifs is 1. The van der Waals surface area contributed by atoms with Crippen molar-refractivity contribution in [1.82, 2.24) is 14.0 Å². The summed E-state index contributed by atoms with van der Waals surface area (Å²) >= 11 is 0. The van der Waals surface area contributed by atoms with Gasteiger partial charge >= 0.3 is 5.69 Å². The van der Waals surface area contributed by atoms with Crippen LogP contribution in [0.15, 0.2) is 29.1 Å². The monoisotopic (exact) mass is 303 g/mol. The lowest BCUT2D eigenvalue weighted by molar-refractivity contribution is -0.130. The molecular formula is C16H21N3O3. The van der Waals surface area contributed by atoms with Gasteiger partial charge in [0.25, 0.3) is 0 Å². The molecule has 1 amide bonds. The lowest BCUT2D eigenvalue weighted by atomic mass is 10.1. The molecule has 1 aromatic heterocycles. The van der Waals surface area contributed by atoms with Gasteiger partial charge in [-0.1, -0.05) is 12.1 Å². The third-order valence-corrected chi connectivity index (χ3v) is 4.43. The molecule has 0 aliphatic carbocycles. The maximum atomic E-state index is 12.5. The highest BCUT2D eigenvalue weighted by molar-refractivity contribution is 5.81. The van der Waals surface area contributed by atoms with Gasteiger partial charge in [-0.05, 0) is 25.5 Å². The maximum absolute atomic E-state index is 12.5. The van der Waals surface area contributed by atoms with Gasteiger partial charge in [-0.15, -0.1) is 0 Å². The smallest absolute Gasteiger partial charge is 0.329 e. The van der Waals surface area contributed by atoms with Gasteiger partial charge in [0.1, 0.15) is 6.54 Å². The second kappa shape index (κ2) is 5.96. The lowest BCUT2D eigenvalue weighted by Gasteiger charge is -2.16. The predicted molar refractivity (Wildman–Crippen MR) is 83.6 cm³/mol. The van der Waals surface area contributed by atoms with Gasteiger partial charge in [-0.3, -0.25) is 13.9 Å². The Labute approximate surface area is 128 Å². The Morgan fingerprint density at radius 1 is 1.27 bits per heavy atom. The third kappa shape index (κ3) is 2.43. The first-order chi connectivity index (χ1) is 10.7. The highest BCUT2D eigenvalue weighted by Gasteiger charge is 2.26. The number of para-hydroxylation sites is 2. The fraction of sp³-hybridized carbons (Fsp3) is 0.500. The zero-order valence-corrected chi connectivity index (χ0v) is 12.7. The number of rotatable bonds is 4. The molecule has 0 saturated carbocycles. The van der Waals surface area contributed by atoms with Gasteiger partial charge in [0, 0.05) is 32.2 Å². The molecule has 1 fully saturated rings. The van der Waals surface area contributed by atoms with Gasteiger partial charge in [0.15, 0.2) is 0 Å². The van der Waals surface area contributed by atoms with E-state index in [9.17, 15) is 14.7 Å². The first-order valence-electron chi connectivity index (χ1n) is 7.72. The quantitative estimate of drug-likeness (QED) is 0.902. The Morgan fingerprint density at radius 2 is 1.95 bits per heavy atom. The molecule has 1 aromatic carbocycles. The molecule has 3 rings (SSSR count). The second-order valence-corrected chi connectivity index (χ2v) is 5.78. The van der Waals surface area contributed by atoms with E-state index < -0.39 is 0 Å². The van der Waals surface area contributed by atoms with Crippen molar-refractivity contribution >= 4 is 16.9 Å². The summed E-state index contributed by atoms with van der Waals surface area (Å²) in [6.07, 6.45) is 0.827. The van der Waals surface area contributed by atoms with E-state index in [-0.39, 0.29) is 30.7 Å². The van der Waals surface area contributed by atoms with Crippen molar-refractivity contribution in [2.75, 3.05) is 19.7 Å². The fourth-order valence-electron chi connectivity index (χ4n) is 3.17. The number of imidazole rings is 1. The largest absolute Gasteiger partial charge is 0.396 e. The second-order valence-electron chi connectivity index (χ2n) is 5.78. The highest BCUT2D eigenvalue weighted by atomic mass is 16.3. The number of likely N-dealkylation sites (tertiary alicyclic amines) is 1. The van der Waals surface area contributed by atoms with Crippen LogP contribution in [0.3, 0.4) is 0 Å². The van der Waals surface area contributed by atoms with Gasteiger partial charge < -0.3 is 10.0 Å². The predicted octanol–water partition coefficient (Wildman–Crippen LogP) is 0.664. The van der Waals surface area contributed by atoms with Crippen molar-refractivity contribution in [2.45, 2.75) is 26.4 Å². The number of aryl methyl sites for hydroxylation is 1. The molecular weight excluding hydrogens is 282 g/mol. The summed E-state index contributed by atoms with van der Waals surface area (Å²) < 4.78 is 3.23. The van der Waals surface area contributed by atoms with Crippen LogP contribution in [0.4, 0.5) is 0 Å². The number of amides is 1. The molecule has 2 heterocycles. The molecule has 1 aliphatic heterocycles. The molecule has 0 bridgehead atoms. The van der Waals surface area contributed by atoms with Gasteiger partial charge in [-0.2, -0.15) is 0 Å². The Kier molecular flexibility index (Phi) is 4.02. The molecule has 1 saturated heterocycles. The molecule has 0 spiro atoms. The average molecular weight is 303 g/mol. The third-order valence-electron chi connectivity index (χ3n) is 4.43. The van der Waals surface area contributed by atoms with E-state index in [1.807, 2.05) is 31.2 Å². The number of aliphatic hydroxyl groups is 1. The minimum atomic E-state index is -0.144.